The fourth-order valence-electron chi connectivity index (χ4n) is 2.09. The van der Waals surface area contributed by atoms with Crippen LogP contribution in [0.1, 0.15) is 16.1 Å². The minimum atomic E-state index is -0.103. The zero-order chi connectivity index (χ0) is 11.8. The first-order valence-corrected chi connectivity index (χ1v) is 6.24. The van der Waals surface area contributed by atoms with Crippen LogP contribution in [-0.4, -0.2) is 17.4 Å². The zero-order valence-corrected chi connectivity index (χ0v) is 9.91. The maximum absolute atomic E-state index is 12.3. The highest BCUT2D eigenvalue weighted by Gasteiger charge is 2.27. The molecule has 0 saturated carbocycles. The van der Waals surface area contributed by atoms with Gasteiger partial charge in [0, 0.05) is 12.2 Å². The van der Waals surface area contributed by atoms with Crippen LogP contribution in [0.5, 0.6) is 0 Å². The van der Waals surface area contributed by atoms with E-state index in [-0.39, 0.29) is 5.91 Å². The van der Waals surface area contributed by atoms with Crippen molar-refractivity contribution < 1.29 is 4.79 Å². The molecule has 4 nitrogen and oxygen atoms in total. The predicted octanol–water partition coefficient (Wildman–Crippen LogP) is 1.93. The molecule has 2 aromatic rings. The summed E-state index contributed by atoms with van der Waals surface area (Å²) in [5.74, 6) is -0.103. The summed E-state index contributed by atoms with van der Waals surface area (Å²) >= 11 is 1.29. The molecule has 5 heteroatoms. The number of fused-ring (bicyclic) bond motifs is 1. The van der Waals surface area contributed by atoms with Gasteiger partial charge in [-0.25, -0.2) is 4.98 Å². The third-order valence-corrected chi connectivity index (χ3v) is 3.59. The fourth-order valence-corrected chi connectivity index (χ4v) is 2.62. The number of amides is 1. The van der Waals surface area contributed by atoms with Gasteiger partial charge in [-0.2, -0.15) is 0 Å². The number of rotatable bonds is 1. The molecule has 0 bridgehead atoms. The molecule has 1 aromatic heterocycles. The number of carbonyl (C=O) groups excluding carboxylic acids is 1. The van der Waals surface area contributed by atoms with Crippen LogP contribution in [0.15, 0.2) is 29.8 Å². The predicted molar refractivity (Wildman–Crippen MR) is 68.3 cm³/mol. The van der Waals surface area contributed by atoms with Crippen molar-refractivity contribution >= 4 is 27.9 Å². The molecule has 0 radical (unpaired) electrons. The highest BCUT2D eigenvalue weighted by molar-refractivity contribution is 7.14. The number of nitrogen functional groups attached to an aromatic ring is 1. The third-order valence-electron chi connectivity index (χ3n) is 2.93. The van der Waals surface area contributed by atoms with Crippen LogP contribution in [0.2, 0.25) is 0 Å². The molecule has 17 heavy (non-hydrogen) atoms. The molecule has 1 amide bonds. The van der Waals surface area contributed by atoms with Gasteiger partial charge in [-0.15, -0.1) is 11.3 Å². The molecule has 2 heterocycles. The molecule has 0 spiro atoms. The SMILES string of the molecule is Nc1scnc1C(=O)N1CCc2ccccc21. The quantitative estimate of drug-likeness (QED) is 0.835. The fraction of sp³-hybridized carbons (Fsp3) is 0.167. The second-order valence-electron chi connectivity index (χ2n) is 3.90. The van der Waals surface area contributed by atoms with E-state index in [1.807, 2.05) is 24.3 Å². The number of nitrogens with zero attached hydrogens (tertiary/aromatic N) is 2. The Kier molecular flexibility index (Phi) is 2.33. The Balaban J connectivity index is 1.98. The zero-order valence-electron chi connectivity index (χ0n) is 9.09. The van der Waals surface area contributed by atoms with Crippen molar-refractivity contribution in [2.24, 2.45) is 0 Å². The summed E-state index contributed by atoms with van der Waals surface area (Å²) in [6, 6.07) is 7.94. The molecule has 3 rings (SSSR count). The van der Waals surface area contributed by atoms with Gasteiger partial charge >= 0.3 is 0 Å². The Labute approximate surface area is 103 Å². The monoisotopic (exact) mass is 245 g/mol. The lowest BCUT2D eigenvalue weighted by atomic mass is 10.2. The molecule has 86 valence electrons. The molecule has 0 unspecified atom stereocenters. The van der Waals surface area contributed by atoms with Gasteiger partial charge in [0.25, 0.3) is 5.91 Å². The Morgan fingerprint density at radius 3 is 3.00 bits per heavy atom. The molecular weight excluding hydrogens is 234 g/mol. The van der Waals surface area contributed by atoms with Crippen LogP contribution in [0, 0.1) is 0 Å². The van der Waals surface area contributed by atoms with E-state index in [4.69, 9.17) is 5.73 Å². The van der Waals surface area contributed by atoms with E-state index >= 15 is 0 Å². The Bertz CT molecular complexity index is 579. The van der Waals surface area contributed by atoms with Crippen molar-refractivity contribution in [2.75, 3.05) is 17.2 Å². The van der Waals surface area contributed by atoms with Crippen molar-refractivity contribution in [3.05, 3.63) is 41.0 Å². The van der Waals surface area contributed by atoms with Gasteiger partial charge in [0.15, 0.2) is 5.69 Å². The molecular formula is C12H11N3OS. The number of hydrogen-bond acceptors (Lipinski definition) is 4. The summed E-state index contributed by atoms with van der Waals surface area (Å²) in [7, 11) is 0. The average Bonchev–Trinajstić information content (AvgIpc) is 2.94. The molecule has 0 atom stereocenters. The maximum Gasteiger partial charge on any atom is 0.279 e. The number of benzene rings is 1. The highest BCUT2D eigenvalue weighted by atomic mass is 32.1. The number of hydrogen-bond donors (Lipinski definition) is 1. The molecule has 1 aliphatic rings. The number of para-hydroxylation sites is 1. The van der Waals surface area contributed by atoms with Crippen molar-refractivity contribution in [1.29, 1.82) is 0 Å². The standard InChI is InChI=1S/C12H11N3OS/c13-11-10(14-7-17-11)12(16)15-6-5-8-3-1-2-4-9(8)15/h1-4,7H,5-6,13H2. The van der Waals surface area contributed by atoms with Crippen LogP contribution >= 0.6 is 11.3 Å². The van der Waals surface area contributed by atoms with Crippen LogP contribution in [-0.2, 0) is 6.42 Å². The van der Waals surface area contributed by atoms with Crippen LogP contribution in [0.4, 0.5) is 10.7 Å². The van der Waals surface area contributed by atoms with Gasteiger partial charge in [0.1, 0.15) is 5.00 Å². The summed E-state index contributed by atoms with van der Waals surface area (Å²) in [4.78, 5) is 18.1. The largest absolute Gasteiger partial charge is 0.389 e. The number of aromatic nitrogens is 1. The first-order valence-electron chi connectivity index (χ1n) is 5.36. The summed E-state index contributed by atoms with van der Waals surface area (Å²) in [5, 5.41) is 0.486. The first kappa shape index (κ1) is 10.3. The van der Waals surface area contributed by atoms with Crippen molar-refractivity contribution in [3.63, 3.8) is 0 Å². The molecule has 1 aromatic carbocycles. The lowest BCUT2D eigenvalue weighted by Crippen LogP contribution is -2.29. The van der Waals surface area contributed by atoms with E-state index in [2.05, 4.69) is 4.98 Å². The van der Waals surface area contributed by atoms with E-state index in [9.17, 15) is 4.79 Å². The van der Waals surface area contributed by atoms with Crippen molar-refractivity contribution in [2.45, 2.75) is 6.42 Å². The van der Waals surface area contributed by atoms with Gasteiger partial charge in [-0.05, 0) is 18.1 Å². The Morgan fingerprint density at radius 2 is 2.24 bits per heavy atom. The number of carbonyl (C=O) groups is 1. The first-order chi connectivity index (χ1) is 8.27. The number of thiazole rings is 1. The molecule has 0 saturated heterocycles. The van der Waals surface area contributed by atoms with E-state index in [0.717, 1.165) is 12.1 Å². The maximum atomic E-state index is 12.3. The van der Waals surface area contributed by atoms with E-state index < -0.39 is 0 Å². The van der Waals surface area contributed by atoms with Gasteiger partial charge in [0.2, 0.25) is 0 Å². The van der Waals surface area contributed by atoms with E-state index in [1.54, 1.807) is 10.4 Å². The smallest absolute Gasteiger partial charge is 0.279 e. The molecule has 1 aliphatic heterocycles. The van der Waals surface area contributed by atoms with E-state index in [1.165, 1.54) is 16.9 Å². The molecule has 0 aliphatic carbocycles. The lowest BCUT2D eigenvalue weighted by Gasteiger charge is -2.16. The van der Waals surface area contributed by atoms with Gasteiger partial charge in [-0.3, -0.25) is 4.79 Å². The lowest BCUT2D eigenvalue weighted by molar-refractivity contribution is 0.0986. The molecule has 2 N–H and O–H groups in total. The highest BCUT2D eigenvalue weighted by Crippen LogP contribution is 2.30. The van der Waals surface area contributed by atoms with Gasteiger partial charge in [0.05, 0.1) is 5.51 Å². The minimum absolute atomic E-state index is 0.103. The van der Waals surface area contributed by atoms with Crippen molar-refractivity contribution in [1.82, 2.24) is 4.98 Å². The minimum Gasteiger partial charge on any atom is -0.389 e. The topological polar surface area (TPSA) is 59.2 Å². The second-order valence-corrected chi connectivity index (χ2v) is 4.79. The summed E-state index contributed by atoms with van der Waals surface area (Å²) in [6.45, 7) is 0.704. The normalized spacial score (nSPS) is 13.8. The van der Waals surface area contributed by atoms with Crippen LogP contribution < -0.4 is 10.6 Å². The van der Waals surface area contributed by atoms with Crippen LogP contribution in [0.3, 0.4) is 0 Å². The Morgan fingerprint density at radius 1 is 1.41 bits per heavy atom. The summed E-state index contributed by atoms with van der Waals surface area (Å²) in [6.07, 6.45) is 0.895. The average molecular weight is 245 g/mol. The third kappa shape index (κ3) is 1.59. The number of anilines is 2. The van der Waals surface area contributed by atoms with Gasteiger partial charge in [-0.1, -0.05) is 18.2 Å². The van der Waals surface area contributed by atoms with Crippen molar-refractivity contribution in [3.8, 4) is 0 Å². The van der Waals surface area contributed by atoms with E-state index in [0.29, 0.717) is 17.2 Å². The number of nitrogens with two attached hydrogens (primary N) is 1. The molecule has 0 fully saturated rings. The second kappa shape index (κ2) is 3.85. The Hall–Kier alpha value is -1.88. The van der Waals surface area contributed by atoms with Gasteiger partial charge < -0.3 is 10.6 Å². The summed E-state index contributed by atoms with van der Waals surface area (Å²) in [5.41, 5.74) is 9.89. The summed E-state index contributed by atoms with van der Waals surface area (Å²) < 4.78 is 0. The van der Waals surface area contributed by atoms with Crippen LogP contribution in [0.25, 0.3) is 0 Å².